The van der Waals surface area contributed by atoms with Crippen LogP contribution >= 0.6 is 0 Å². The van der Waals surface area contributed by atoms with Gasteiger partial charge in [-0.2, -0.15) is 5.26 Å². The summed E-state index contributed by atoms with van der Waals surface area (Å²) in [6, 6.07) is 3.48. The number of hydrogen-bond acceptors (Lipinski definition) is 3. The van der Waals surface area contributed by atoms with E-state index in [1.165, 1.54) is 12.8 Å². The van der Waals surface area contributed by atoms with Crippen LogP contribution in [0.3, 0.4) is 0 Å². The molecular formula is C12H23N3. The normalized spacial score (nSPS) is 23.3. The van der Waals surface area contributed by atoms with Gasteiger partial charge in [0.25, 0.3) is 0 Å². The molecule has 1 fully saturated rings. The Morgan fingerprint density at radius 1 is 1.47 bits per heavy atom. The van der Waals surface area contributed by atoms with E-state index in [9.17, 15) is 0 Å². The molecule has 3 nitrogen and oxygen atoms in total. The van der Waals surface area contributed by atoms with Gasteiger partial charge in [-0.15, -0.1) is 0 Å². The lowest BCUT2D eigenvalue weighted by Crippen LogP contribution is -2.43. The van der Waals surface area contributed by atoms with Crippen molar-refractivity contribution in [3.8, 4) is 6.07 Å². The predicted octanol–water partition coefficient (Wildman–Crippen LogP) is 1.61. The first-order valence-electron chi connectivity index (χ1n) is 6.00. The minimum Gasteiger partial charge on any atom is -0.313 e. The molecular weight excluding hydrogens is 186 g/mol. The molecule has 0 aromatic carbocycles. The zero-order valence-corrected chi connectivity index (χ0v) is 10.2. The Labute approximate surface area is 93.5 Å². The molecule has 1 aliphatic rings. The minimum atomic E-state index is 0.133. The number of nitrogens with zero attached hydrogens (tertiary/aromatic N) is 2. The van der Waals surface area contributed by atoms with Gasteiger partial charge in [0.05, 0.1) is 12.0 Å². The van der Waals surface area contributed by atoms with Crippen LogP contribution in [0.25, 0.3) is 0 Å². The van der Waals surface area contributed by atoms with Gasteiger partial charge in [0.15, 0.2) is 0 Å². The molecule has 0 spiro atoms. The Morgan fingerprint density at radius 3 is 2.67 bits per heavy atom. The van der Waals surface area contributed by atoms with E-state index >= 15 is 0 Å². The van der Waals surface area contributed by atoms with E-state index in [4.69, 9.17) is 5.26 Å². The standard InChI is InChI=1S/C12H23N3/c1-10(2)15(8-11(3)7-13)9-12-5-4-6-14-12/h10-12,14H,4-6,8-9H2,1-3H3. The van der Waals surface area contributed by atoms with Gasteiger partial charge < -0.3 is 5.32 Å². The van der Waals surface area contributed by atoms with Crippen LogP contribution in [0.15, 0.2) is 0 Å². The molecule has 0 aromatic heterocycles. The summed E-state index contributed by atoms with van der Waals surface area (Å²) >= 11 is 0. The van der Waals surface area contributed by atoms with Crippen molar-refractivity contribution >= 4 is 0 Å². The Balaban J connectivity index is 2.39. The fourth-order valence-electron chi connectivity index (χ4n) is 2.08. The molecule has 2 unspecified atom stereocenters. The van der Waals surface area contributed by atoms with E-state index in [0.717, 1.165) is 19.6 Å². The third kappa shape index (κ3) is 4.19. The molecule has 0 bridgehead atoms. The highest BCUT2D eigenvalue weighted by atomic mass is 15.2. The quantitative estimate of drug-likeness (QED) is 0.747. The summed E-state index contributed by atoms with van der Waals surface area (Å²) in [7, 11) is 0. The second kappa shape index (κ2) is 6.09. The van der Waals surface area contributed by atoms with Crippen molar-refractivity contribution in [2.75, 3.05) is 19.6 Å². The molecule has 1 heterocycles. The Kier molecular flexibility index (Phi) is 5.07. The summed E-state index contributed by atoms with van der Waals surface area (Å²) in [4.78, 5) is 2.41. The summed E-state index contributed by atoms with van der Waals surface area (Å²) < 4.78 is 0. The molecule has 1 rings (SSSR count). The van der Waals surface area contributed by atoms with Crippen molar-refractivity contribution in [2.45, 2.75) is 45.7 Å². The maximum Gasteiger partial charge on any atom is 0.0666 e. The number of nitriles is 1. The third-order valence-electron chi connectivity index (χ3n) is 3.08. The second-order valence-corrected chi connectivity index (χ2v) is 4.87. The lowest BCUT2D eigenvalue weighted by atomic mass is 10.1. The average molecular weight is 209 g/mol. The van der Waals surface area contributed by atoms with Crippen LogP contribution in [0.1, 0.15) is 33.6 Å². The molecule has 1 aliphatic heterocycles. The van der Waals surface area contributed by atoms with Crippen molar-refractivity contribution in [1.82, 2.24) is 10.2 Å². The molecule has 86 valence electrons. The van der Waals surface area contributed by atoms with Crippen LogP contribution < -0.4 is 5.32 Å². The fraction of sp³-hybridized carbons (Fsp3) is 0.917. The first kappa shape index (κ1) is 12.5. The summed E-state index contributed by atoms with van der Waals surface area (Å²) in [5, 5.41) is 12.3. The SMILES string of the molecule is CC(C#N)CN(CC1CCCN1)C(C)C. The zero-order chi connectivity index (χ0) is 11.3. The molecule has 0 amide bonds. The van der Waals surface area contributed by atoms with E-state index in [1.54, 1.807) is 0 Å². The fourth-order valence-corrected chi connectivity index (χ4v) is 2.08. The van der Waals surface area contributed by atoms with Gasteiger partial charge in [0.2, 0.25) is 0 Å². The van der Waals surface area contributed by atoms with Gasteiger partial charge in [0.1, 0.15) is 0 Å². The Morgan fingerprint density at radius 2 is 2.20 bits per heavy atom. The second-order valence-electron chi connectivity index (χ2n) is 4.87. The van der Waals surface area contributed by atoms with Gasteiger partial charge in [-0.25, -0.2) is 0 Å². The topological polar surface area (TPSA) is 39.1 Å². The smallest absolute Gasteiger partial charge is 0.0666 e. The van der Waals surface area contributed by atoms with E-state index in [0.29, 0.717) is 12.1 Å². The molecule has 0 radical (unpaired) electrons. The summed E-state index contributed by atoms with van der Waals surface area (Å²) in [5.41, 5.74) is 0. The highest BCUT2D eigenvalue weighted by Crippen LogP contribution is 2.11. The third-order valence-corrected chi connectivity index (χ3v) is 3.08. The first-order chi connectivity index (χ1) is 7.13. The van der Waals surface area contributed by atoms with E-state index in [-0.39, 0.29) is 5.92 Å². The van der Waals surface area contributed by atoms with E-state index in [1.807, 2.05) is 6.92 Å². The maximum absolute atomic E-state index is 8.83. The van der Waals surface area contributed by atoms with Crippen LogP contribution in [0.5, 0.6) is 0 Å². The van der Waals surface area contributed by atoms with Crippen LogP contribution in [0, 0.1) is 17.2 Å². The van der Waals surface area contributed by atoms with Gasteiger partial charge in [-0.05, 0) is 40.2 Å². The highest BCUT2D eigenvalue weighted by molar-refractivity contribution is 4.85. The molecule has 0 saturated carbocycles. The largest absolute Gasteiger partial charge is 0.313 e. The van der Waals surface area contributed by atoms with E-state index < -0.39 is 0 Å². The minimum absolute atomic E-state index is 0.133. The predicted molar refractivity (Wildman–Crippen MR) is 62.5 cm³/mol. The highest BCUT2D eigenvalue weighted by Gasteiger charge is 2.20. The first-order valence-corrected chi connectivity index (χ1v) is 6.00. The average Bonchev–Trinajstić information content (AvgIpc) is 2.69. The van der Waals surface area contributed by atoms with Crippen molar-refractivity contribution in [3.05, 3.63) is 0 Å². The van der Waals surface area contributed by atoms with Crippen molar-refractivity contribution < 1.29 is 0 Å². The maximum atomic E-state index is 8.83. The van der Waals surface area contributed by atoms with Gasteiger partial charge in [-0.3, -0.25) is 4.90 Å². The van der Waals surface area contributed by atoms with Crippen LogP contribution in [-0.2, 0) is 0 Å². The summed E-state index contributed by atoms with van der Waals surface area (Å²) in [6.07, 6.45) is 2.58. The van der Waals surface area contributed by atoms with Crippen LogP contribution in [-0.4, -0.2) is 36.6 Å². The van der Waals surface area contributed by atoms with Crippen LogP contribution in [0.2, 0.25) is 0 Å². The lowest BCUT2D eigenvalue weighted by Gasteiger charge is -2.30. The van der Waals surface area contributed by atoms with Crippen LogP contribution in [0.4, 0.5) is 0 Å². The zero-order valence-electron chi connectivity index (χ0n) is 10.2. The van der Waals surface area contributed by atoms with E-state index in [2.05, 4.69) is 30.1 Å². The number of nitrogens with one attached hydrogen (secondary N) is 1. The lowest BCUT2D eigenvalue weighted by molar-refractivity contribution is 0.189. The van der Waals surface area contributed by atoms with Gasteiger partial charge in [-0.1, -0.05) is 0 Å². The van der Waals surface area contributed by atoms with Gasteiger partial charge in [0, 0.05) is 25.2 Å². The molecule has 2 atom stereocenters. The number of hydrogen-bond donors (Lipinski definition) is 1. The molecule has 0 aromatic rings. The van der Waals surface area contributed by atoms with Crippen molar-refractivity contribution in [1.29, 1.82) is 5.26 Å². The summed E-state index contributed by atoms with van der Waals surface area (Å²) in [6.45, 7) is 9.55. The summed E-state index contributed by atoms with van der Waals surface area (Å²) in [5.74, 6) is 0.133. The molecule has 15 heavy (non-hydrogen) atoms. The molecule has 0 aliphatic carbocycles. The number of rotatable bonds is 5. The Hall–Kier alpha value is -0.590. The molecule has 1 N–H and O–H groups in total. The molecule has 3 heteroatoms. The van der Waals surface area contributed by atoms with Gasteiger partial charge >= 0.3 is 0 Å². The Bertz CT molecular complexity index is 213. The molecule has 1 saturated heterocycles. The monoisotopic (exact) mass is 209 g/mol. The van der Waals surface area contributed by atoms with Crippen molar-refractivity contribution in [3.63, 3.8) is 0 Å². The van der Waals surface area contributed by atoms with Crippen molar-refractivity contribution in [2.24, 2.45) is 5.92 Å².